The Labute approximate surface area is 212 Å². The molecule has 9 nitrogen and oxygen atoms in total. The van der Waals surface area contributed by atoms with Crippen molar-refractivity contribution in [2.75, 3.05) is 18.1 Å². The molecule has 1 saturated heterocycles. The number of H-pyrrole nitrogens is 1. The summed E-state index contributed by atoms with van der Waals surface area (Å²) in [6, 6.07) is 21.7. The van der Waals surface area contributed by atoms with Gasteiger partial charge in [0.25, 0.3) is 5.91 Å². The highest BCUT2D eigenvalue weighted by atomic mass is 16.5. The second kappa shape index (κ2) is 9.02. The maximum absolute atomic E-state index is 13.4. The van der Waals surface area contributed by atoms with Gasteiger partial charge in [0.1, 0.15) is 0 Å². The SMILES string of the molecule is O=C(O)N(CC1CCCO1)c1nc2ccc(C3(O)c4ccccc4C(=O)N3Cc3ccccc3)cc2[nH]1. The van der Waals surface area contributed by atoms with Crippen LogP contribution in [0.5, 0.6) is 0 Å². The maximum Gasteiger partial charge on any atom is 0.414 e. The standard InChI is InChI=1S/C28H26N4O5/c33-25-21-10-4-5-11-22(21)28(36,32(25)16-18-7-2-1-3-8-18)19-12-13-23-24(15-19)30-26(29-23)31(27(34)35)17-20-9-6-14-37-20/h1-5,7-8,10-13,15,20,36H,6,9,14,16-17H2,(H,29,30)(H,34,35). The number of nitrogens with one attached hydrogen (secondary N) is 1. The highest BCUT2D eigenvalue weighted by Gasteiger charge is 2.49. The largest absolute Gasteiger partial charge is 0.465 e. The quantitative estimate of drug-likeness (QED) is 0.369. The zero-order chi connectivity index (χ0) is 25.6. The molecular weight excluding hydrogens is 472 g/mol. The fourth-order valence-corrected chi connectivity index (χ4v) is 5.26. The van der Waals surface area contributed by atoms with Gasteiger partial charge in [0.2, 0.25) is 5.95 Å². The van der Waals surface area contributed by atoms with E-state index in [0.717, 1.165) is 23.3 Å². The first kappa shape index (κ1) is 23.2. The van der Waals surface area contributed by atoms with Gasteiger partial charge in [-0.15, -0.1) is 0 Å². The summed E-state index contributed by atoms with van der Waals surface area (Å²) in [4.78, 5) is 35.7. The Kier molecular flexibility index (Phi) is 5.66. The number of fused-ring (bicyclic) bond motifs is 2. The Morgan fingerprint density at radius 1 is 1.14 bits per heavy atom. The molecule has 0 aliphatic carbocycles. The number of anilines is 1. The van der Waals surface area contributed by atoms with Crippen molar-refractivity contribution in [3.63, 3.8) is 0 Å². The summed E-state index contributed by atoms with van der Waals surface area (Å²) in [5, 5.41) is 22.0. The number of aliphatic hydroxyl groups is 1. The highest BCUT2D eigenvalue weighted by molar-refractivity contribution is 6.00. The minimum absolute atomic E-state index is 0.173. The summed E-state index contributed by atoms with van der Waals surface area (Å²) in [6.07, 6.45) is 0.400. The molecule has 3 N–H and O–H groups in total. The van der Waals surface area contributed by atoms with Crippen molar-refractivity contribution in [3.05, 3.63) is 95.1 Å². The molecule has 0 radical (unpaired) electrons. The Balaban J connectivity index is 1.41. The topological polar surface area (TPSA) is 119 Å². The van der Waals surface area contributed by atoms with E-state index in [1.165, 1.54) is 4.90 Å². The Bertz CT molecular complexity index is 1480. The normalized spacial score (nSPS) is 20.9. The first-order valence-electron chi connectivity index (χ1n) is 12.3. The molecule has 9 heteroatoms. The molecule has 2 atom stereocenters. The van der Waals surface area contributed by atoms with Crippen LogP contribution in [0, 0.1) is 0 Å². The van der Waals surface area contributed by atoms with Crippen LogP contribution < -0.4 is 4.90 Å². The van der Waals surface area contributed by atoms with Gasteiger partial charge in [-0.05, 0) is 36.6 Å². The lowest BCUT2D eigenvalue weighted by Crippen LogP contribution is -2.44. The third-order valence-electron chi connectivity index (χ3n) is 7.12. The number of amides is 2. The van der Waals surface area contributed by atoms with Crippen LogP contribution in [0.25, 0.3) is 11.0 Å². The molecular formula is C28H26N4O5. The molecule has 3 aromatic carbocycles. The van der Waals surface area contributed by atoms with Crippen molar-refractivity contribution < 1.29 is 24.5 Å². The molecule has 1 aromatic heterocycles. The van der Waals surface area contributed by atoms with Crippen molar-refractivity contribution in [1.82, 2.24) is 14.9 Å². The summed E-state index contributed by atoms with van der Waals surface area (Å²) >= 11 is 0. The average molecular weight is 499 g/mol. The lowest BCUT2D eigenvalue weighted by molar-refractivity contribution is -0.0542. The Hall–Kier alpha value is -4.21. The number of carbonyl (C=O) groups excluding carboxylic acids is 1. The van der Waals surface area contributed by atoms with Crippen molar-refractivity contribution in [2.24, 2.45) is 0 Å². The minimum atomic E-state index is -1.72. The van der Waals surface area contributed by atoms with Crippen LogP contribution in [0.4, 0.5) is 10.7 Å². The second-order valence-corrected chi connectivity index (χ2v) is 9.42. The van der Waals surface area contributed by atoms with Crippen LogP contribution in [0.2, 0.25) is 0 Å². The number of rotatable bonds is 6. The molecule has 0 bridgehead atoms. The lowest BCUT2D eigenvalue weighted by atomic mass is 9.93. The number of imidazole rings is 1. The van der Waals surface area contributed by atoms with Crippen LogP contribution in [0.15, 0.2) is 72.8 Å². The summed E-state index contributed by atoms with van der Waals surface area (Å²) in [7, 11) is 0. The number of carbonyl (C=O) groups is 2. The van der Waals surface area contributed by atoms with Crippen molar-refractivity contribution in [2.45, 2.75) is 31.2 Å². The van der Waals surface area contributed by atoms with Crippen molar-refractivity contribution >= 4 is 29.0 Å². The molecule has 4 aromatic rings. The summed E-state index contributed by atoms with van der Waals surface area (Å²) < 4.78 is 5.62. The van der Waals surface area contributed by atoms with Crippen molar-refractivity contribution in [3.8, 4) is 0 Å². The van der Waals surface area contributed by atoms with E-state index >= 15 is 0 Å². The third kappa shape index (κ3) is 3.92. The number of carboxylic acid groups (broad SMARTS) is 1. The van der Waals surface area contributed by atoms with Crippen LogP contribution in [-0.4, -0.2) is 56.3 Å². The monoisotopic (exact) mass is 498 g/mol. The van der Waals surface area contributed by atoms with Crippen LogP contribution in [-0.2, 0) is 17.0 Å². The van der Waals surface area contributed by atoms with E-state index in [-0.39, 0.29) is 31.0 Å². The van der Waals surface area contributed by atoms with E-state index in [0.29, 0.717) is 34.3 Å². The molecule has 0 spiro atoms. The molecule has 188 valence electrons. The van der Waals surface area contributed by atoms with E-state index in [9.17, 15) is 19.8 Å². The molecule has 2 aliphatic rings. The van der Waals surface area contributed by atoms with Gasteiger partial charge in [-0.3, -0.25) is 9.69 Å². The van der Waals surface area contributed by atoms with E-state index in [1.807, 2.05) is 30.3 Å². The predicted octanol–water partition coefficient (Wildman–Crippen LogP) is 4.08. The lowest BCUT2D eigenvalue weighted by Gasteiger charge is -2.35. The van der Waals surface area contributed by atoms with Gasteiger partial charge >= 0.3 is 6.09 Å². The number of aromatic nitrogens is 2. The third-order valence-corrected chi connectivity index (χ3v) is 7.12. The van der Waals surface area contributed by atoms with Gasteiger partial charge in [-0.25, -0.2) is 14.7 Å². The van der Waals surface area contributed by atoms with Gasteiger partial charge < -0.3 is 19.9 Å². The van der Waals surface area contributed by atoms with Crippen molar-refractivity contribution in [1.29, 1.82) is 0 Å². The zero-order valence-electron chi connectivity index (χ0n) is 20.0. The number of benzene rings is 3. The molecule has 37 heavy (non-hydrogen) atoms. The summed E-state index contributed by atoms with van der Waals surface area (Å²) in [6.45, 7) is 1.02. The molecule has 3 heterocycles. The van der Waals surface area contributed by atoms with Gasteiger partial charge in [0.15, 0.2) is 5.72 Å². The fraction of sp³-hybridized carbons (Fsp3) is 0.250. The fourth-order valence-electron chi connectivity index (χ4n) is 5.26. The molecule has 0 saturated carbocycles. The maximum atomic E-state index is 13.4. The summed E-state index contributed by atoms with van der Waals surface area (Å²) in [5.41, 5.74) is 1.70. The van der Waals surface area contributed by atoms with Gasteiger partial charge in [-0.2, -0.15) is 0 Å². The Morgan fingerprint density at radius 3 is 2.68 bits per heavy atom. The van der Waals surface area contributed by atoms with Crippen LogP contribution >= 0.6 is 0 Å². The van der Waals surface area contributed by atoms with E-state index in [1.54, 1.807) is 42.5 Å². The van der Waals surface area contributed by atoms with Crippen LogP contribution in [0.3, 0.4) is 0 Å². The number of hydrogen-bond acceptors (Lipinski definition) is 5. The van der Waals surface area contributed by atoms with E-state index < -0.39 is 11.8 Å². The number of aromatic amines is 1. The number of hydrogen-bond donors (Lipinski definition) is 3. The molecule has 2 unspecified atom stereocenters. The number of nitrogens with zero attached hydrogens (tertiary/aromatic N) is 3. The zero-order valence-corrected chi connectivity index (χ0v) is 20.0. The second-order valence-electron chi connectivity index (χ2n) is 9.42. The first-order chi connectivity index (χ1) is 17.9. The van der Waals surface area contributed by atoms with Gasteiger partial charge in [-0.1, -0.05) is 54.6 Å². The smallest absolute Gasteiger partial charge is 0.414 e. The predicted molar refractivity (Wildman–Crippen MR) is 136 cm³/mol. The van der Waals surface area contributed by atoms with Gasteiger partial charge in [0, 0.05) is 29.8 Å². The Morgan fingerprint density at radius 2 is 1.92 bits per heavy atom. The molecule has 2 amide bonds. The summed E-state index contributed by atoms with van der Waals surface area (Å²) in [5.74, 6) is -0.0767. The molecule has 6 rings (SSSR count). The average Bonchev–Trinajstić information content (AvgIpc) is 3.63. The molecule has 1 fully saturated rings. The molecule has 2 aliphatic heterocycles. The first-order valence-corrected chi connectivity index (χ1v) is 12.3. The van der Waals surface area contributed by atoms with Crippen LogP contribution in [0.1, 0.15) is 39.9 Å². The van der Waals surface area contributed by atoms with E-state index in [4.69, 9.17) is 4.74 Å². The highest BCUT2D eigenvalue weighted by Crippen LogP contribution is 2.43. The van der Waals surface area contributed by atoms with Gasteiger partial charge in [0.05, 0.1) is 23.7 Å². The number of ether oxygens (including phenoxy) is 1. The van der Waals surface area contributed by atoms with E-state index in [2.05, 4.69) is 9.97 Å². The minimum Gasteiger partial charge on any atom is -0.465 e.